The molecule has 2 aromatic rings. The van der Waals surface area contributed by atoms with E-state index in [-0.39, 0.29) is 5.78 Å². The van der Waals surface area contributed by atoms with Gasteiger partial charge in [0.15, 0.2) is 11.5 Å². The van der Waals surface area contributed by atoms with E-state index in [0.717, 1.165) is 17.8 Å². The third kappa shape index (κ3) is 2.52. The number of aryl methyl sites for hydroxylation is 1. The van der Waals surface area contributed by atoms with Crippen molar-refractivity contribution < 1.29 is 9.53 Å². The molecule has 0 atom stereocenters. The molecule has 0 bridgehead atoms. The van der Waals surface area contributed by atoms with E-state index in [2.05, 4.69) is 5.32 Å². The molecule has 102 valence electrons. The molecule has 1 aliphatic heterocycles. The lowest BCUT2D eigenvalue weighted by atomic mass is 10.0. The minimum Gasteiger partial charge on any atom is -0.489 e. The highest BCUT2D eigenvalue weighted by Crippen LogP contribution is 2.31. The van der Waals surface area contributed by atoms with Gasteiger partial charge in [0.05, 0.1) is 11.3 Å². The Kier molecular flexibility index (Phi) is 3.42. The van der Waals surface area contributed by atoms with Gasteiger partial charge in [-0.1, -0.05) is 35.9 Å². The number of fused-ring (bicyclic) bond motifs is 1. The lowest BCUT2D eigenvalue weighted by Gasteiger charge is -2.21. The van der Waals surface area contributed by atoms with Crippen molar-refractivity contribution in [2.24, 2.45) is 0 Å². The van der Waals surface area contributed by atoms with Gasteiger partial charge in [0, 0.05) is 13.0 Å². The predicted molar refractivity (Wildman–Crippen MR) is 79.6 cm³/mol. The van der Waals surface area contributed by atoms with E-state index in [9.17, 15) is 4.79 Å². The van der Waals surface area contributed by atoms with Gasteiger partial charge in [-0.05, 0) is 24.6 Å². The van der Waals surface area contributed by atoms with Crippen molar-refractivity contribution in [1.82, 2.24) is 0 Å². The average Bonchev–Trinajstić information content (AvgIpc) is 2.49. The van der Waals surface area contributed by atoms with E-state index >= 15 is 0 Å². The van der Waals surface area contributed by atoms with Gasteiger partial charge in [0.2, 0.25) is 0 Å². The van der Waals surface area contributed by atoms with Crippen LogP contribution >= 0.6 is 0 Å². The van der Waals surface area contributed by atoms with Crippen LogP contribution in [0.15, 0.2) is 42.5 Å². The number of para-hydroxylation sites is 1. The number of Topliss-reactive ketones (excluding diaryl/α,β-unsaturated/α-hetero) is 1. The fourth-order valence-electron chi connectivity index (χ4n) is 2.38. The molecular formula is C17H17NO2. The molecule has 1 aliphatic rings. The lowest BCUT2D eigenvalue weighted by Crippen LogP contribution is -2.20. The highest BCUT2D eigenvalue weighted by Gasteiger charge is 2.18. The second kappa shape index (κ2) is 5.37. The van der Waals surface area contributed by atoms with E-state index in [1.807, 2.05) is 49.4 Å². The van der Waals surface area contributed by atoms with Crippen LogP contribution in [-0.2, 0) is 6.42 Å². The number of rotatable bonds is 3. The number of ketones is 1. The van der Waals surface area contributed by atoms with Gasteiger partial charge in [0.25, 0.3) is 0 Å². The predicted octanol–water partition coefficient (Wildman–Crippen LogP) is 3.22. The van der Waals surface area contributed by atoms with E-state index in [4.69, 9.17) is 4.74 Å². The van der Waals surface area contributed by atoms with Crippen LogP contribution in [0.3, 0.4) is 0 Å². The molecule has 0 aliphatic carbocycles. The van der Waals surface area contributed by atoms with Crippen molar-refractivity contribution in [2.45, 2.75) is 13.3 Å². The van der Waals surface area contributed by atoms with E-state index in [1.165, 1.54) is 5.56 Å². The Balaban J connectivity index is 1.85. The molecular weight excluding hydrogens is 250 g/mol. The van der Waals surface area contributed by atoms with Crippen LogP contribution in [0.2, 0.25) is 0 Å². The summed E-state index contributed by atoms with van der Waals surface area (Å²) in [5, 5.41) is 3.25. The topological polar surface area (TPSA) is 38.3 Å². The van der Waals surface area contributed by atoms with Crippen LogP contribution in [0.5, 0.6) is 5.75 Å². The summed E-state index contributed by atoms with van der Waals surface area (Å²) in [5.74, 6) is 0.783. The first-order valence-electron chi connectivity index (χ1n) is 6.82. The fourth-order valence-corrected chi connectivity index (χ4v) is 2.38. The summed E-state index contributed by atoms with van der Waals surface area (Å²) >= 11 is 0. The van der Waals surface area contributed by atoms with Crippen LogP contribution < -0.4 is 10.1 Å². The summed E-state index contributed by atoms with van der Waals surface area (Å²) in [6.07, 6.45) is 0.403. The second-order valence-corrected chi connectivity index (χ2v) is 5.04. The van der Waals surface area contributed by atoms with Gasteiger partial charge in [0.1, 0.15) is 6.61 Å². The average molecular weight is 267 g/mol. The number of nitrogens with one attached hydrogen (secondary N) is 1. The number of ether oxygens (including phenoxy) is 1. The zero-order valence-electron chi connectivity index (χ0n) is 11.5. The molecule has 3 nitrogen and oxygen atoms in total. The maximum atomic E-state index is 12.5. The largest absolute Gasteiger partial charge is 0.489 e. The van der Waals surface area contributed by atoms with Crippen LogP contribution in [0.4, 0.5) is 5.69 Å². The van der Waals surface area contributed by atoms with Crippen LogP contribution in [0.1, 0.15) is 21.5 Å². The van der Waals surface area contributed by atoms with Gasteiger partial charge < -0.3 is 10.1 Å². The first-order valence-corrected chi connectivity index (χ1v) is 6.82. The normalized spacial score (nSPS) is 13.1. The number of anilines is 1. The number of carbonyl (C=O) groups is 1. The van der Waals surface area contributed by atoms with Crippen molar-refractivity contribution in [3.8, 4) is 5.75 Å². The molecule has 0 unspecified atom stereocenters. The first kappa shape index (κ1) is 12.7. The highest BCUT2D eigenvalue weighted by molar-refractivity contribution is 6.01. The fraction of sp³-hybridized carbons (Fsp3) is 0.235. The molecule has 2 aromatic carbocycles. The summed E-state index contributed by atoms with van der Waals surface area (Å²) in [6.45, 7) is 3.42. The highest BCUT2D eigenvalue weighted by atomic mass is 16.5. The molecule has 0 saturated carbocycles. The SMILES string of the molecule is Cc1ccc(CC(=O)c2cccc3c2OCCN3)cc1. The van der Waals surface area contributed by atoms with Crippen LogP contribution in [0.25, 0.3) is 0 Å². The van der Waals surface area contributed by atoms with Gasteiger partial charge in [-0.15, -0.1) is 0 Å². The van der Waals surface area contributed by atoms with E-state index in [1.54, 1.807) is 0 Å². The molecule has 0 saturated heterocycles. The minimum absolute atomic E-state index is 0.0920. The molecule has 3 rings (SSSR count). The van der Waals surface area contributed by atoms with Crippen molar-refractivity contribution in [3.63, 3.8) is 0 Å². The molecule has 0 aromatic heterocycles. The van der Waals surface area contributed by atoms with Crippen molar-refractivity contribution in [3.05, 3.63) is 59.2 Å². The molecule has 0 amide bonds. The summed E-state index contributed by atoms with van der Waals surface area (Å²) in [6, 6.07) is 13.7. The van der Waals surface area contributed by atoms with Gasteiger partial charge >= 0.3 is 0 Å². The zero-order chi connectivity index (χ0) is 13.9. The minimum atomic E-state index is 0.0920. The first-order chi connectivity index (χ1) is 9.74. The third-order valence-electron chi connectivity index (χ3n) is 3.46. The van der Waals surface area contributed by atoms with Gasteiger partial charge in [-0.3, -0.25) is 4.79 Å². The molecule has 20 heavy (non-hydrogen) atoms. The maximum Gasteiger partial charge on any atom is 0.171 e. The quantitative estimate of drug-likeness (QED) is 0.868. The monoisotopic (exact) mass is 267 g/mol. The Labute approximate surface area is 118 Å². The maximum absolute atomic E-state index is 12.5. The van der Waals surface area contributed by atoms with Crippen LogP contribution in [0, 0.1) is 6.92 Å². The molecule has 1 N–H and O–H groups in total. The van der Waals surface area contributed by atoms with Gasteiger partial charge in [-0.25, -0.2) is 0 Å². The molecule has 1 heterocycles. The summed E-state index contributed by atoms with van der Waals surface area (Å²) < 4.78 is 5.65. The summed E-state index contributed by atoms with van der Waals surface area (Å²) in [5.41, 5.74) is 3.80. The smallest absolute Gasteiger partial charge is 0.171 e. The van der Waals surface area contributed by atoms with E-state index in [0.29, 0.717) is 24.3 Å². The third-order valence-corrected chi connectivity index (χ3v) is 3.46. The van der Waals surface area contributed by atoms with Gasteiger partial charge in [-0.2, -0.15) is 0 Å². The Morgan fingerprint density at radius 2 is 2.00 bits per heavy atom. The Hall–Kier alpha value is -2.29. The standard InChI is InChI=1S/C17H17NO2/c1-12-5-7-13(8-6-12)11-16(19)14-3-2-4-15-17(14)20-10-9-18-15/h2-8,18H,9-11H2,1H3. The van der Waals surface area contributed by atoms with Crippen molar-refractivity contribution in [1.29, 1.82) is 0 Å². The Morgan fingerprint density at radius 3 is 2.80 bits per heavy atom. The summed E-state index contributed by atoms with van der Waals surface area (Å²) in [7, 11) is 0. The molecule has 0 spiro atoms. The molecule has 3 heteroatoms. The Morgan fingerprint density at radius 1 is 1.20 bits per heavy atom. The zero-order valence-corrected chi connectivity index (χ0v) is 11.5. The number of hydrogen-bond donors (Lipinski definition) is 1. The lowest BCUT2D eigenvalue weighted by molar-refractivity contribution is 0.0989. The second-order valence-electron chi connectivity index (χ2n) is 5.04. The van der Waals surface area contributed by atoms with Crippen molar-refractivity contribution in [2.75, 3.05) is 18.5 Å². The molecule has 0 radical (unpaired) electrons. The number of carbonyl (C=O) groups excluding carboxylic acids is 1. The number of benzene rings is 2. The summed E-state index contributed by atoms with van der Waals surface area (Å²) in [4.78, 5) is 12.5. The van der Waals surface area contributed by atoms with Crippen LogP contribution in [-0.4, -0.2) is 18.9 Å². The number of hydrogen-bond acceptors (Lipinski definition) is 3. The Bertz CT molecular complexity index is 632. The van der Waals surface area contributed by atoms with E-state index < -0.39 is 0 Å². The van der Waals surface area contributed by atoms with Crippen molar-refractivity contribution >= 4 is 11.5 Å². The molecule has 0 fully saturated rings.